The maximum Gasteiger partial charge on any atom is 0.407 e. The first-order chi connectivity index (χ1) is 23.8. The van der Waals surface area contributed by atoms with Crippen LogP contribution in [0.2, 0.25) is 0 Å². The molecule has 288 valence electrons. The van der Waals surface area contributed by atoms with E-state index >= 15 is 0 Å². The Morgan fingerprint density at radius 1 is 0.551 bits per heavy atom. The molecule has 1 atom stereocenters. The molecule has 0 aromatic carbocycles. The van der Waals surface area contributed by atoms with Crippen molar-refractivity contribution >= 4 is 18.0 Å². The summed E-state index contributed by atoms with van der Waals surface area (Å²) in [5.41, 5.74) is -0.327. The first-order valence-electron chi connectivity index (χ1n) is 20.8. The average molecular weight is 695 g/mol. The van der Waals surface area contributed by atoms with Crippen LogP contribution < -0.4 is 5.32 Å². The monoisotopic (exact) mass is 695 g/mol. The fourth-order valence-electron chi connectivity index (χ4n) is 6.87. The van der Waals surface area contributed by atoms with Crippen molar-refractivity contribution in [2.24, 2.45) is 0 Å². The summed E-state index contributed by atoms with van der Waals surface area (Å²) in [5.74, 6) is -0.632. The second kappa shape index (κ2) is 30.9. The van der Waals surface area contributed by atoms with Gasteiger partial charge in [-0.1, -0.05) is 168 Å². The molecule has 0 saturated carbocycles. The number of alkyl carbamates (subject to hydrolysis) is 1. The van der Waals surface area contributed by atoms with Crippen LogP contribution in [0.5, 0.6) is 0 Å². The summed E-state index contributed by atoms with van der Waals surface area (Å²) in [6.45, 7) is 7.74. The van der Waals surface area contributed by atoms with Gasteiger partial charge in [0, 0.05) is 25.9 Å². The smallest absolute Gasteiger partial charge is 0.407 e. The minimum Gasteiger partial charge on any atom is -0.462 e. The van der Waals surface area contributed by atoms with Crippen molar-refractivity contribution in [3.8, 4) is 0 Å². The van der Waals surface area contributed by atoms with Crippen LogP contribution in [0.25, 0.3) is 0 Å². The molecule has 1 N–H and O–H groups in total. The molecule has 0 aromatic heterocycles. The highest BCUT2D eigenvalue weighted by Crippen LogP contribution is 2.18. The zero-order valence-corrected chi connectivity index (χ0v) is 32.6. The molecule has 49 heavy (non-hydrogen) atoms. The SMILES string of the molecule is CCCCCCCCCCCCCCCC(=O)OCC(COC(=O)NC1(C)CN(C)C1)OC(=O)CCCCCCCCCCCCCCC. The Balaban J connectivity index is 2.23. The van der Waals surface area contributed by atoms with Gasteiger partial charge < -0.3 is 24.4 Å². The molecule has 1 aliphatic heterocycles. The van der Waals surface area contributed by atoms with Crippen molar-refractivity contribution in [1.29, 1.82) is 0 Å². The van der Waals surface area contributed by atoms with E-state index in [1.165, 1.54) is 128 Å². The normalized spacial score (nSPS) is 14.6. The van der Waals surface area contributed by atoms with Gasteiger partial charge in [0.25, 0.3) is 0 Å². The first-order valence-corrected chi connectivity index (χ1v) is 20.8. The molecule has 1 rings (SSSR count). The van der Waals surface area contributed by atoms with E-state index in [-0.39, 0.29) is 30.7 Å². The van der Waals surface area contributed by atoms with Crippen LogP contribution >= 0.6 is 0 Å². The standard InChI is InChI=1S/C41H78N2O6/c1-5-7-9-11-13-15-17-19-21-23-25-27-29-31-38(44)47-33-37(34-48-40(46)42-41(3)35-43(4)36-41)49-39(45)32-30-28-26-24-22-20-18-16-14-12-10-8-6-2/h37H,5-36H2,1-4H3,(H,42,46). The molecule has 0 spiro atoms. The molecule has 1 heterocycles. The number of hydrogen-bond donors (Lipinski definition) is 1. The lowest BCUT2D eigenvalue weighted by molar-refractivity contribution is -0.161. The van der Waals surface area contributed by atoms with Gasteiger partial charge in [0.2, 0.25) is 0 Å². The number of esters is 2. The minimum absolute atomic E-state index is 0.102. The highest BCUT2D eigenvalue weighted by molar-refractivity contribution is 5.71. The fraction of sp³-hybridized carbons (Fsp3) is 0.927. The van der Waals surface area contributed by atoms with Gasteiger partial charge in [0.15, 0.2) is 6.10 Å². The van der Waals surface area contributed by atoms with Crippen molar-refractivity contribution in [3.05, 3.63) is 0 Å². The Bertz CT molecular complexity index is 816. The third-order valence-electron chi connectivity index (χ3n) is 9.74. The van der Waals surface area contributed by atoms with Crippen molar-refractivity contribution < 1.29 is 28.6 Å². The quantitative estimate of drug-likeness (QED) is 0.0407. The van der Waals surface area contributed by atoms with Crippen LogP contribution in [0.1, 0.15) is 201 Å². The molecule has 0 aliphatic carbocycles. The molecule has 1 saturated heterocycles. The zero-order valence-electron chi connectivity index (χ0n) is 32.6. The number of carbonyl (C=O) groups excluding carboxylic acids is 3. The molecule has 0 aromatic rings. The van der Waals surface area contributed by atoms with Gasteiger partial charge in [0.05, 0.1) is 5.54 Å². The van der Waals surface area contributed by atoms with Gasteiger partial charge >= 0.3 is 18.0 Å². The van der Waals surface area contributed by atoms with E-state index in [0.717, 1.165) is 51.6 Å². The summed E-state index contributed by atoms with van der Waals surface area (Å²) in [4.78, 5) is 39.7. The average Bonchev–Trinajstić information content (AvgIpc) is 3.05. The summed E-state index contributed by atoms with van der Waals surface area (Å²) in [5, 5.41) is 2.89. The van der Waals surface area contributed by atoms with Crippen LogP contribution in [0.15, 0.2) is 0 Å². The van der Waals surface area contributed by atoms with E-state index in [0.29, 0.717) is 12.8 Å². The number of amides is 1. The van der Waals surface area contributed by atoms with E-state index in [1.807, 2.05) is 14.0 Å². The number of carbonyl (C=O) groups is 3. The second-order valence-corrected chi connectivity index (χ2v) is 15.2. The minimum atomic E-state index is -0.812. The van der Waals surface area contributed by atoms with Gasteiger partial charge in [-0.2, -0.15) is 0 Å². The number of nitrogens with one attached hydrogen (secondary N) is 1. The van der Waals surface area contributed by atoms with Gasteiger partial charge in [0.1, 0.15) is 13.2 Å². The lowest BCUT2D eigenvalue weighted by Crippen LogP contribution is -2.67. The number of hydrogen-bond acceptors (Lipinski definition) is 7. The Morgan fingerprint density at radius 2 is 0.898 bits per heavy atom. The van der Waals surface area contributed by atoms with Crippen LogP contribution in [0, 0.1) is 0 Å². The molecule has 8 heteroatoms. The third-order valence-corrected chi connectivity index (χ3v) is 9.74. The molecule has 1 aliphatic rings. The third kappa shape index (κ3) is 27.6. The van der Waals surface area contributed by atoms with Crippen molar-refractivity contribution in [2.45, 2.75) is 212 Å². The summed E-state index contributed by atoms with van der Waals surface area (Å²) < 4.78 is 16.5. The maximum atomic E-state index is 12.6. The van der Waals surface area contributed by atoms with Crippen molar-refractivity contribution in [3.63, 3.8) is 0 Å². The van der Waals surface area contributed by atoms with E-state index in [1.54, 1.807) is 0 Å². The molecule has 1 unspecified atom stereocenters. The molecular weight excluding hydrogens is 616 g/mol. The molecular formula is C41H78N2O6. The van der Waals surface area contributed by atoms with Gasteiger partial charge in [-0.25, -0.2) is 4.79 Å². The fourth-order valence-corrected chi connectivity index (χ4v) is 6.87. The summed E-state index contributed by atoms with van der Waals surface area (Å²) in [6.07, 6.45) is 31.7. The number of rotatable bonds is 34. The number of nitrogens with zero attached hydrogens (tertiary/aromatic N) is 1. The Morgan fingerprint density at radius 3 is 1.29 bits per heavy atom. The number of likely N-dealkylation sites (tertiary alicyclic amines) is 1. The number of likely N-dealkylation sites (N-methyl/N-ethyl adjacent to an activating group) is 1. The largest absolute Gasteiger partial charge is 0.462 e. The second-order valence-electron chi connectivity index (χ2n) is 15.2. The van der Waals surface area contributed by atoms with Crippen LogP contribution in [0.3, 0.4) is 0 Å². The summed E-state index contributed by atoms with van der Waals surface area (Å²) in [6, 6.07) is 0. The lowest BCUT2D eigenvalue weighted by atomic mass is 9.93. The highest BCUT2D eigenvalue weighted by atomic mass is 16.6. The van der Waals surface area contributed by atoms with Crippen molar-refractivity contribution in [1.82, 2.24) is 10.2 Å². The Labute approximate surface area is 301 Å². The molecule has 0 radical (unpaired) electrons. The first kappa shape index (κ1) is 45.2. The maximum absolute atomic E-state index is 12.6. The van der Waals surface area contributed by atoms with Gasteiger partial charge in [-0.05, 0) is 26.8 Å². The van der Waals surface area contributed by atoms with E-state index < -0.39 is 12.2 Å². The lowest BCUT2D eigenvalue weighted by Gasteiger charge is -2.46. The Hall–Kier alpha value is -1.83. The van der Waals surface area contributed by atoms with Gasteiger partial charge in [-0.15, -0.1) is 0 Å². The number of unbranched alkanes of at least 4 members (excludes halogenated alkanes) is 24. The topological polar surface area (TPSA) is 94.2 Å². The summed E-state index contributed by atoms with van der Waals surface area (Å²) >= 11 is 0. The molecule has 1 amide bonds. The van der Waals surface area contributed by atoms with E-state index in [4.69, 9.17) is 14.2 Å². The Kier molecular flexibility index (Phi) is 28.5. The number of ether oxygens (including phenoxy) is 3. The summed E-state index contributed by atoms with van der Waals surface area (Å²) in [7, 11) is 1.99. The molecule has 0 bridgehead atoms. The highest BCUT2D eigenvalue weighted by Gasteiger charge is 2.38. The van der Waals surface area contributed by atoms with Gasteiger partial charge in [-0.3, -0.25) is 9.59 Å². The molecule has 8 nitrogen and oxygen atoms in total. The van der Waals surface area contributed by atoms with Crippen LogP contribution in [0.4, 0.5) is 4.79 Å². The van der Waals surface area contributed by atoms with Crippen LogP contribution in [-0.2, 0) is 23.8 Å². The predicted octanol–water partition coefficient (Wildman–Crippen LogP) is 10.8. The zero-order chi connectivity index (χ0) is 35.8. The van der Waals surface area contributed by atoms with Crippen LogP contribution in [-0.4, -0.2) is 67.9 Å². The predicted molar refractivity (Wildman–Crippen MR) is 202 cm³/mol. The van der Waals surface area contributed by atoms with E-state index in [2.05, 4.69) is 24.1 Å². The van der Waals surface area contributed by atoms with E-state index in [9.17, 15) is 14.4 Å². The molecule has 1 fully saturated rings. The van der Waals surface area contributed by atoms with Crippen molar-refractivity contribution in [2.75, 3.05) is 33.4 Å².